The van der Waals surface area contributed by atoms with Crippen LogP contribution in [0.1, 0.15) is 23.2 Å². The molecule has 0 heterocycles. The van der Waals surface area contributed by atoms with Gasteiger partial charge in [-0.1, -0.05) is 0 Å². The number of anilines is 1. The molecule has 1 aromatic rings. The molecule has 20 heavy (non-hydrogen) atoms. The highest BCUT2D eigenvalue weighted by molar-refractivity contribution is 7.89. The molecule has 0 aromatic heterocycles. The lowest BCUT2D eigenvalue weighted by atomic mass is 10.1. The molecule has 1 aliphatic carbocycles. The molecule has 0 aliphatic heterocycles. The van der Waals surface area contributed by atoms with Crippen LogP contribution in [0, 0.1) is 5.41 Å². The monoisotopic (exact) mass is 300 g/mol. The van der Waals surface area contributed by atoms with Gasteiger partial charge in [0.15, 0.2) is 0 Å². The summed E-state index contributed by atoms with van der Waals surface area (Å²) < 4.78 is 26.7. The summed E-state index contributed by atoms with van der Waals surface area (Å²) in [5.41, 5.74) is 4.95. The Morgan fingerprint density at radius 3 is 2.55 bits per heavy atom. The summed E-state index contributed by atoms with van der Waals surface area (Å²) in [4.78, 5) is 10.7. The summed E-state index contributed by atoms with van der Waals surface area (Å²) in [7, 11) is -3.98. The van der Waals surface area contributed by atoms with Crippen molar-refractivity contribution in [1.82, 2.24) is 4.72 Å². The lowest BCUT2D eigenvalue weighted by Gasteiger charge is -2.14. The number of rotatable bonds is 6. The number of hydrogen-bond donors (Lipinski definition) is 4. The van der Waals surface area contributed by atoms with Gasteiger partial charge in [0.1, 0.15) is 0 Å². The zero-order chi connectivity index (χ0) is 15.0. The number of nitrogen functional groups attached to an aromatic ring is 1. The predicted octanol–water partition coefficient (Wildman–Crippen LogP) is 0.0178. The molecule has 1 saturated carbocycles. The number of aromatic carboxylic acids is 1. The van der Waals surface area contributed by atoms with E-state index >= 15 is 0 Å². The van der Waals surface area contributed by atoms with E-state index in [2.05, 4.69) is 4.72 Å². The van der Waals surface area contributed by atoms with E-state index in [1.165, 1.54) is 6.07 Å². The topological polar surface area (TPSA) is 130 Å². The molecule has 0 atom stereocenters. The minimum Gasteiger partial charge on any atom is -0.478 e. The molecule has 0 saturated heterocycles. The summed E-state index contributed by atoms with van der Waals surface area (Å²) in [6.45, 7) is -0.0159. The van der Waals surface area contributed by atoms with E-state index in [4.69, 9.17) is 15.9 Å². The lowest BCUT2D eigenvalue weighted by Crippen LogP contribution is -2.32. The van der Waals surface area contributed by atoms with Crippen molar-refractivity contribution in [2.45, 2.75) is 17.7 Å². The van der Waals surface area contributed by atoms with Gasteiger partial charge in [-0.3, -0.25) is 0 Å². The number of carboxylic acid groups (broad SMARTS) is 1. The smallest absolute Gasteiger partial charge is 0.337 e. The van der Waals surface area contributed by atoms with E-state index in [0.29, 0.717) is 0 Å². The van der Waals surface area contributed by atoms with Crippen molar-refractivity contribution in [3.63, 3.8) is 0 Å². The summed E-state index contributed by atoms with van der Waals surface area (Å²) in [5, 5.41) is 18.2. The van der Waals surface area contributed by atoms with E-state index in [-0.39, 0.29) is 29.3 Å². The van der Waals surface area contributed by atoms with Gasteiger partial charge in [-0.15, -0.1) is 0 Å². The Bertz CT molecular complexity index is 637. The maximum Gasteiger partial charge on any atom is 0.337 e. The maximum atomic E-state index is 12.2. The Morgan fingerprint density at radius 2 is 2.05 bits per heavy atom. The molecule has 5 N–H and O–H groups in total. The summed E-state index contributed by atoms with van der Waals surface area (Å²) >= 11 is 0. The molecule has 0 spiro atoms. The van der Waals surface area contributed by atoms with E-state index in [1.807, 2.05) is 0 Å². The fraction of sp³-hybridized carbons (Fsp3) is 0.417. The van der Waals surface area contributed by atoms with Crippen LogP contribution in [-0.4, -0.2) is 37.8 Å². The highest BCUT2D eigenvalue weighted by atomic mass is 32.2. The van der Waals surface area contributed by atoms with Crippen LogP contribution < -0.4 is 10.5 Å². The maximum absolute atomic E-state index is 12.2. The van der Waals surface area contributed by atoms with E-state index in [1.54, 1.807) is 0 Å². The first kappa shape index (κ1) is 14.8. The van der Waals surface area contributed by atoms with Crippen molar-refractivity contribution in [3.05, 3.63) is 23.8 Å². The van der Waals surface area contributed by atoms with E-state index in [9.17, 15) is 13.2 Å². The molecule has 110 valence electrons. The molecule has 0 bridgehead atoms. The van der Waals surface area contributed by atoms with Crippen LogP contribution in [0.2, 0.25) is 0 Å². The predicted molar refractivity (Wildman–Crippen MR) is 71.8 cm³/mol. The number of nitrogens with one attached hydrogen (secondary N) is 1. The average molecular weight is 300 g/mol. The third-order valence-electron chi connectivity index (χ3n) is 3.46. The molecule has 8 heteroatoms. The van der Waals surface area contributed by atoms with Gasteiger partial charge in [0.05, 0.1) is 10.5 Å². The van der Waals surface area contributed by atoms with Crippen molar-refractivity contribution in [3.8, 4) is 0 Å². The number of carboxylic acids is 1. The first-order valence-corrected chi connectivity index (χ1v) is 7.51. The van der Waals surface area contributed by atoms with Gasteiger partial charge in [0, 0.05) is 24.3 Å². The van der Waals surface area contributed by atoms with Crippen molar-refractivity contribution < 1.29 is 23.4 Å². The molecule has 1 fully saturated rings. The SMILES string of the molecule is Nc1ccc(C(=O)O)c(S(=O)(=O)NCC2(CO)CC2)c1. The minimum atomic E-state index is -3.98. The highest BCUT2D eigenvalue weighted by Gasteiger charge is 2.42. The number of benzene rings is 1. The fourth-order valence-corrected chi connectivity index (χ4v) is 3.22. The third kappa shape index (κ3) is 2.92. The van der Waals surface area contributed by atoms with Gasteiger partial charge in [-0.25, -0.2) is 17.9 Å². The van der Waals surface area contributed by atoms with Crippen LogP contribution in [-0.2, 0) is 10.0 Å². The lowest BCUT2D eigenvalue weighted by molar-refractivity contribution is 0.0692. The van der Waals surface area contributed by atoms with Crippen LogP contribution in [0.3, 0.4) is 0 Å². The van der Waals surface area contributed by atoms with E-state index in [0.717, 1.165) is 25.0 Å². The normalized spacial score (nSPS) is 16.9. The summed E-state index contributed by atoms with van der Waals surface area (Å²) in [5.74, 6) is -1.34. The Morgan fingerprint density at radius 1 is 1.40 bits per heavy atom. The van der Waals surface area contributed by atoms with Gasteiger partial charge >= 0.3 is 5.97 Å². The number of sulfonamides is 1. The number of carbonyl (C=O) groups is 1. The first-order valence-electron chi connectivity index (χ1n) is 6.03. The average Bonchev–Trinajstić information content (AvgIpc) is 3.17. The van der Waals surface area contributed by atoms with Crippen LogP contribution in [0.15, 0.2) is 23.1 Å². The van der Waals surface area contributed by atoms with Crippen molar-refractivity contribution in [2.24, 2.45) is 5.41 Å². The number of nitrogens with two attached hydrogens (primary N) is 1. The molecule has 0 unspecified atom stereocenters. The Kier molecular flexibility index (Phi) is 3.72. The van der Waals surface area contributed by atoms with Gasteiger partial charge in [-0.05, 0) is 31.0 Å². The largest absolute Gasteiger partial charge is 0.478 e. The second-order valence-electron chi connectivity index (χ2n) is 5.04. The van der Waals surface area contributed by atoms with Gasteiger partial charge in [0.25, 0.3) is 0 Å². The molecule has 1 aromatic carbocycles. The van der Waals surface area contributed by atoms with Crippen LogP contribution in [0.4, 0.5) is 5.69 Å². The molecule has 2 rings (SSSR count). The van der Waals surface area contributed by atoms with Gasteiger partial charge in [-0.2, -0.15) is 0 Å². The minimum absolute atomic E-state index is 0.0830. The standard InChI is InChI=1S/C12H16N2O5S/c13-8-1-2-9(11(16)17)10(5-8)20(18,19)14-6-12(7-15)3-4-12/h1-2,5,14-15H,3-4,6-7,13H2,(H,16,17). The van der Waals surface area contributed by atoms with Gasteiger partial charge in [0.2, 0.25) is 10.0 Å². The molecule has 7 nitrogen and oxygen atoms in total. The molecule has 0 radical (unpaired) electrons. The zero-order valence-corrected chi connectivity index (χ0v) is 11.5. The molecule has 0 amide bonds. The summed E-state index contributed by atoms with van der Waals surface area (Å²) in [6.07, 6.45) is 1.49. The van der Waals surface area contributed by atoms with E-state index < -0.39 is 21.4 Å². The Labute approximate surface area is 116 Å². The Hall–Kier alpha value is -1.64. The summed E-state index contributed by atoms with van der Waals surface area (Å²) in [6, 6.07) is 3.61. The number of aliphatic hydroxyl groups is 1. The van der Waals surface area contributed by atoms with Crippen molar-refractivity contribution in [2.75, 3.05) is 18.9 Å². The zero-order valence-electron chi connectivity index (χ0n) is 10.7. The number of hydrogen-bond acceptors (Lipinski definition) is 5. The Balaban J connectivity index is 2.29. The first-order chi connectivity index (χ1) is 9.30. The fourth-order valence-electron chi connectivity index (χ4n) is 1.83. The van der Waals surface area contributed by atoms with Crippen molar-refractivity contribution >= 4 is 21.7 Å². The highest BCUT2D eigenvalue weighted by Crippen LogP contribution is 2.44. The van der Waals surface area contributed by atoms with Crippen LogP contribution in [0.25, 0.3) is 0 Å². The molecular formula is C12H16N2O5S. The number of aliphatic hydroxyl groups excluding tert-OH is 1. The van der Waals surface area contributed by atoms with Gasteiger partial charge < -0.3 is 15.9 Å². The third-order valence-corrected chi connectivity index (χ3v) is 4.90. The molecular weight excluding hydrogens is 284 g/mol. The second kappa shape index (κ2) is 5.04. The second-order valence-corrected chi connectivity index (χ2v) is 6.78. The van der Waals surface area contributed by atoms with Crippen molar-refractivity contribution in [1.29, 1.82) is 0 Å². The quantitative estimate of drug-likeness (QED) is 0.548. The molecule has 1 aliphatic rings. The van der Waals surface area contributed by atoms with Crippen LogP contribution >= 0.6 is 0 Å². The van der Waals surface area contributed by atoms with Crippen LogP contribution in [0.5, 0.6) is 0 Å².